The fourth-order valence-electron chi connectivity index (χ4n) is 4.41. The van der Waals surface area contributed by atoms with Crippen LogP contribution in [-0.2, 0) is 13.1 Å². The monoisotopic (exact) mass is 503 g/mol. The summed E-state index contributed by atoms with van der Waals surface area (Å²) in [5.41, 5.74) is 5.99. The Morgan fingerprint density at radius 2 is 1.63 bits per heavy atom. The average Bonchev–Trinajstić information content (AvgIpc) is 3.22. The molecule has 5 nitrogen and oxygen atoms in total. The maximum Gasteiger partial charge on any atom is 0.260 e. The molecule has 7 heteroatoms. The van der Waals surface area contributed by atoms with Crippen molar-refractivity contribution in [1.29, 1.82) is 0 Å². The van der Waals surface area contributed by atoms with Crippen LogP contribution in [-0.4, -0.2) is 16.4 Å². The van der Waals surface area contributed by atoms with Gasteiger partial charge in [-0.3, -0.25) is 9.59 Å². The SMILES string of the molecule is Cc1cccc(C(=O)Nc2ccc(C(=O)N3Cc4cccn4Cc4ccccc43)c(Cl)c2Cl)c1C. The molecular weight excluding hydrogens is 481 g/mol. The van der Waals surface area contributed by atoms with Crippen LogP contribution in [0.3, 0.4) is 0 Å². The van der Waals surface area contributed by atoms with Gasteiger partial charge in [-0.25, -0.2) is 0 Å². The minimum atomic E-state index is -0.287. The molecule has 0 fully saturated rings. The number of hydrogen-bond donors (Lipinski definition) is 1. The summed E-state index contributed by atoms with van der Waals surface area (Å²) in [4.78, 5) is 28.4. The van der Waals surface area contributed by atoms with E-state index in [4.69, 9.17) is 23.2 Å². The number of halogens is 2. The number of para-hydroxylation sites is 1. The van der Waals surface area contributed by atoms with Gasteiger partial charge in [-0.1, -0.05) is 53.5 Å². The molecule has 0 unspecified atom stereocenters. The fourth-order valence-corrected chi connectivity index (χ4v) is 4.87. The number of nitrogens with zero attached hydrogens (tertiary/aromatic N) is 2. The second-order valence-corrected chi connectivity index (χ2v) is 9.39. The van der Waals surface area contributed by atoms with Crippen molar-refractivity contribution in [2.45, 2.75) is 26.9 Å². The molecule has 0 saturated heterocycles. The van der Waals surface area contributed by atoms with Crippen LogP contribution in [0, 0.1) is 13.8 Å². The van der Waals surface area contributed by atoms with E-state index in [2.05, 4.69) is 9.88 Å². The van der Waals surface area contributed by atoms with Crippen molar-refractivity contribution in [3.05, 3.63) is 116 Å². The van der Waals surface area contributed by atoms with Gasteiger partial charge in [0.15, 0.2) is 0 Å². The molecule has 0 atom stereocenters. The lowest BCUT2D eigenvalue weighted by atomic mass is 10.0. The summed E-state index contributed by atoms with van der Waals surface area (Å²) >= 11 is 13.2. The van der Waals surface area contributed by atoms with Crippen LogP contribution in [0.15, 0.2) is 72.9 Å². The molecular formula is C28H23Cl2N3O2. The molecule has 0 saturated carbocycles. The van der Waals surface area contributed by atoms with Gasteiger partial charge in [0.2, 0.25) is 0 Å². The summed E-state index contributed by atoms with van der Waals surface area (Å²) in [6, 6.07) is 20.6. The molecule has 35 heavy (non-hydrogen) atoms. The maximum atomic E-state index is 13.7. The number of nitrogens with one attached hydrogen (secondary N) is 1. The molecule has 0 aliphatic carbocycles. The van der Waals surface area contributed by atoms with E-state index < -0.39 is 0 Å². The van der Waals surface area contributed by atoms with E-state index in [1.807, 2.05) is 68.6 Å². The first kappa shape index (κ1) is 23.2. The summed E-state index contributed by atoms with van der Waals surface area (Å²) in [7, 11) is 0. The van der Waals surface area contributed by atoms with Crippen molar-refractivity contribution in [1.82, 2.24) is 4.57 Å². The van der Waals surface area contributed by atoms with Gasteiger partial charge >= 0.3 is 0 Å². The second kappa shape index (κ2) is 9.25. The molecule has 176 valence electrons. The fraction of sp³-hybridized carbons (Fsp3) is 0.143. The Bertz CT molecular complexity index is 1480. The van der Waals surface area contributed by atoms with Crippen molar-refractivity contribution in [2.24, 2.45) is 0 Å². The van der Waals surface area contributed by atoms with Gasteiger partial charge < -0.3 is 14.8 Å². The van der Waals surface area contributed by atoms with Crippen LogP contribution in [0.25, 0.3) is 0 Å². The van der Waals surface area contributed by atoms with E-state index in [0.29, 0.717) is 24.3 Å². The number of carbonyl (C=O) groups excluding carboxylic acids is 2. The maximum absolute atomic E-state index is 13.7. The van der Waals surface area contributed by atoms with Crippen LogP contribution in [0.5, 0.6) is 0 Å². The van der Waals surface area contributed by atoms with Crippen molar-refractivity contribution in [3.8, 4) is 0 Å². The van der Waals surface area contributed by atoms with Crippen molar-refractivity contribution < 1.29 is 9.59 Å². The summed E-state index contributed by atoms with van der Waals surface area (Å²) in [5, 5.41) is 3.06. The highest BCUT2D eigenvalue weighted by molar-refractivity contribution is 6.46. The van der Waals surface area contributed by atoms with Gasteiger partial charge in [-0.2, -0.15) is 0 Å². The lowest BCUT2D eigenvalue weighted by Gasteiger charge is -2.24. The summed E-state index contributed by atoms with van der Waals surface area (Å²) in [5.74, 6) is -0.545. The van der Waals surface area contributed by atoms with Crippen LogP contribution in [0.4, 0.5) is 11.4 Å². The van der Waals surface area contributed by atoms with Gasteiger partial charge in [0.25, 0.3) is 11.8 Å². The average molecular weight is 504 g/mol. The number of benzene rings is 3. The molecule has 1 aromatic heterocycles. The Labute approximate surface area is 213 Å². The lowest BCUT2D eigenvalue weighted by Crippen LogP contribution is -2.31. The highest BCUT2D eigenvalue weighted by atomic mass is 35.5. The topological polar surface area (TPSA) is 54.3 Å². The molecule has 5 rings (SSSR count). The molecule has 0 bridgehead atoms. The Balaban J connectivity index is 1.47. The molecule has 2 amide bonds. The zero-order valence-corrected chi connectivity index (χ0v) is 20.8. The predicted octanol–water partition coefficient (Wildman–Crippen LogP) is 6.87. The minimum absolute atomic E-state index is 0.104. The van der Waals surface area contributed by atoms with E-state index >= 15 is 0 Å². The number of fused-ring (bicyclic) bond motifs is 2. The minimum Gasteiger partial charge on any atom is -0.345 e. The van der Waals surface area contributed by atoms with E-state index in [0.717, 1.165) is 28.1 Å². The molecule has 2 heterocycles. The third-order valence-electron chi connectivity index (χ3n) is 6.52. The van der Waals surface area contributed by atoms with E-state index in [-0.39, 0.29) is 27.4 Å². The van der Waals surface area contributed by atoms with Gasteiger partial charge in [-0.15, -0.1) is 0 Å². The molecule has 0 radical (unpaired) electrons. The van der Waals surface area contributed by atoms with Gasteiger partial charge in [-0.05, 0) is 66.9 Å². The van der Waals surface area contributed by atoms with E-state index in [1.54, 1.807) is 23.1 Å². The summed E-state index contributed by atoms with van der Waals surface area (Å²) < 4.78 is 2.13. The Kier molecular flexibility index (Phi) is 6.13. The summed E-state index contributed by atoms with van der Waals surface area (Å²) in [6.07, 6.45) is 2.01. The molecule has 0 spiro atoms. The first-order valence-electron chi connectivity index (χ1n) is 11.2. The highest BCUT2D eigenvalue weighted by Crippen LogP contribution is 2.36. The molecule has 3 aromatic carbocycles. The van der Waals surface area contributed by atoms with Crippen molar-refractivity contribution >= 4 is 46.4 Å². The van der Waals surface area contributed by atoms with Crippen LogP contribution in [0.2, 0.25) is 10.0 Å². The van der Waals surface area contributed by atoms with E-state index in [9.17, 15) is 9.59 Å². The lowest BCUT2D eigenvalue weighted by molar-refractivity contribution is 0.0984. The van der Waals surface area contributed by atoms with Crippen LogP contribution >= 0.6 is 23.2 Å². The van der Waals surface area contributed by atoms with Crippen LogP contribution < -0.4 is 10.2 Å². The third-order valence-corrected chi connectivity index (χ3v) is 7.40. The van der Waals surface area contributed by atoms with Crippen LogP contribution in [0.1, 0.15) is 43.1 Å². The number of rotatable bonds is 3. The number of carbonyl (C=O) groups is 2. The smallest absolute Gasteiger partial charge is 0.260 e. The molecule has 1 aliphatic heterocycles. The number of hydrogen-bond acceptors (Lipinski definition) is 2. The largest absolute Gasteiger partial charge is 0.345 e. The van der Waals surface area contributed by atoms with Crippen molar-refractivity contribution in [3.63, 3.8) is 0 Å². The third kappa shape index (κ3) is 4.22. The first-order chi connectivity index (χ1) is 16.8. The zero-order valence-electron chi connectivity index (χ0n) is 19.3. The van der Waals surface area contributed by atoms with Gasteiger partial charge in [0, 0.05) is 29.7 Å². The highest BCUT2D eigenvalue weighted by Gasteiger charge is 2.27. The standard InChI is InChI=1S/C28H23Cl2N3O2/c1-17-7-5-10-21(18(17)2)27(34)31-23-13-12-22(25(29)26(23)30)28(35)33-16-20-9-6-14-32(20)15-19-8-3-4-11-24(19)33/h3-14H,15-16H2,1-2H3,(H,31,34). The Morgan fingerprint density at radius 1 is 0.829 bits per heavy atom. The molecule has 1 N–H and O–H groups in total. The number of aromatic nitrogens is 1. The number of anilines is 2. The normalized spacial score (nSPS) is 12.5. The molecule has 1 aliphatic rings. The Morgan fingerprint density at radius 3 is 2.46 bits per heavy atom. The van der Waals surface area contributed by atoms with E-state index in [1.165, 1.54) is 0 Å². The van der Waals surface area contributed by atoms with Gasteiger partial charge in [0.05, 0.1) is 27.8 Å². The Hall–Kier alpha value is -3.54. The summed E-state index contributed by atoms with van der Waals surface area (Å²) in [6.45, 7) is 4.94. The zero-order chi connectivity index (χ0) is 24.7. The quantitative estimate of drug-likeness (QED) is 0.331. The number of aryl methyl sites for hydroxylation is 1. The molecule has 4 aromatic rings. The second-order valence-electron chi connectivity index (χ2n) is 8.64. The van der Waals surface area contributed by atoms with Crippen molar-refractivity contribution in [2.75, 3.05) is 10.2 Å². The van der Waals surface area contributed by atoms with Gasteiger partial charge in [0.1, 0.15) is 0 Å². The first-order valence-corrected chi connectivity index (χ1v) is 12.0. The predicted molar refractivity (Wildman–Crippen MR) is 141 cm³/mol. The number of amides is 2.